The minimum Gasteiger partial charge on any atom is -0.263 e. The van der Waals surface area contributed by atoms with Gasteiger partial charge in [-0.15, -0.1) is 0 Å². The lowest BCUT2D eigenvalue weighted by Gasteiger charge is -2.02. The number of fused-ring (bicyclic) bond motifs is 1. The van der Waals surface area contributed by atoms with Crippen LogP contribution in [0, 0.1) is 11.3 Å². The maximum atomic E-state index is 8.93. The number of halogens is 2. The summed E-state index contributed by atoms with van der Waals surface area (Å²) in [5.74, 6) is 0. The van der Waals surface area contributed by atoms with Gasteiger partial charge in [0.2, 0.25) is 0 Å². The molecule has 2 nitrogen and oxygen atoms in total. The van der Waals surface area contributed by atoms with Crippen LogP contribution < -0.4 is 0 Å². The van der Waals surface area contributed by atoms with Gasteiger partial charge in [-0.2, -0.15) is 5.26 Å². The van der Waals surface area contributed by atoms with Crippen LogP contribution in [-0.4, -0.2) is 4.98 Å². The molecule has 2 rings (SSSR count). The monoisotopic (exact) mass is 266 g/mol. The second-order valence-electron chi connectivity index (χ2n) is 2.75. The minimum atomic E-state index is 0.458. The van der Waals surface area contributed by atoms with Crippen molar-refractivity contribution in [3.63, 3.8) is 0 Å². The number of rotatable bonds is 0. The van der Waals surface area contributed by atoms with Crippen molar-refractivity contribution < 1.29 is 0 Å². The van der Waals surface area contributed by atoms with E-state index >= 15 is 0 Å². The van der Waals surface area contributed by atoms with Crippen LogP contribution in [0.5, 0.6) is 0 Å². The molecule has 0 spiro atoms. The molecule has 0 fully saturated rings. The van der Waals surface area contributed by atoms with Crippen LogP contribution in [-0.2, 0) is 0 Å². The maximum absolute atomic E-state index is 8.93. The van der Waals surface area contributed by atoms with E-state index in [1.807, 2.05) is 6.07 Å². The SMILES string of the molecule is N#Cc1c(Cl)ccc2c(Br)cncc12. The van der Waals surface area contributed by atoms with Crippen molar-refractivity contribution in [1.82, 2.24) is 4.98 Å². The zero-order valence-corrected chi connectivity index (χ0v) is 9.30. The number of hydrogen-bond donors (Lipinski definition) is 0. The number of aromatic nitrogens is 1. The van der Waals surface area contributed by atoms with Gasteiger partial charge < -0.3 is 0 Å². The molecule has 0 amide bonds. The highest BCUT2D eigenvalue weighted by Gasteiger charge is 2.07. The van der Waals surface area contributed by atoms with Gasteiger partial charge in [0.15, 0.2) is 0 Å². The van der Waals surface area contributed by atoms with E-state index in [4.69, 9.17) is 16.9 Å². The number of nitrogens with zero attached hydrogens (tertiary/aromatic N) is 2. The van der Waals surface area contributed by atoms with E-state index in [1.165, 1.54) is 0 Å². The van der Waals surface area contributed by atoms with Crippen molar-refractivity contribution in [2.24, 2.45) is 0 Å². The Morgan fingerprint density at radius 3 is 2.79 bits per heavy atom. The molecule has 0 aliphatic heterocycles. The fourth-order valence-corrected chi connectivity index (χ4v) is 1.97. The summed E-state index contributed by atoms with van der Waals surface area (Å²) >= 11 is 9.26. The molecule has 1 aromatic heterocycles. The Balaban J connectivity index is 2.97. The van der Waals surface area contributed by atoms with Crippen molar-refractivity contribution in [2.75, 3.05) is 0 Å². The predicted octanol–water partition coefficient (Wildman–Crippen LogP) is 3.52. The molecule has 14 heavy (non-hydrogen) atoms. The largest absolute Gasteiger partial charge is 0.263 e. The Labute approximate surface area is 94.3 Å². The van der Waals surface area contributed by atoms with E-state index in [0.717, 1.165) is 15.2 Å². The third-order valence-corrected chi connectivity index (χ3v) is 2.90. The van der Waals surface area contributed by atoms with E-state index in [1.54, 1.807) is 18.5 Å². The minimum absolute atomic E-state index is 0.458. The van der Waals surface area contributed by atoms with Gasteiger partial charge in [0, 0.05) is 27.6 Å². The lowest BCUT2D eigenvalue weighted by molar-refractivity contribution is 1.34. The van der Waals surface area contributed by atoms with Crippen molar-refractivity contribution >= 4 is 38.3 Å². The van der Waals surface area contributed by atoms with Crippen LogP contribution in [0.1, 0.15) is 5.56 Å². The van der Waals surface area contributed by atoms with Crippen LogP contribution >= 0.6 is 27.5 Å². The molecule has 0 aliphatic carbocycles. The molecule has 1 aromatic carbocycles. The summed E-state index contributed by atoms with van der Waals surface area (Å²) < 4.78 is 0.864. The van der Waals surface area contributed by atoms with Crippen LogP contribution in [0.15, 0.2) is 29.0 Å². The fourth-order valence-electron chi connectivity index (χ4n) is 1.30. The third-order valence-electron chi connectivity index (χ3n) is 1.96. The Hall–Kier alpha value is -1.11. The van der Waals surface area contributed by atoms with Gasteiger partial charge in [-0.3, -0.25) is 4.98 Å². The quantitative estimate of drug-likeness (QED) is 0.732. The molecule has 0 N–H and O–H groups in total. The standard InChI is InChI=1S/C10H4BrClN2/c11-9-5-14-4-8-6(9)1-2-10(12)7(8)3-13/h1-2,4-5H. The maximum Gasteiger partial charge on any atom is 0.101 e. The summed E-state index contributed by atoms with van der Waals surface area (Å²) in [4.78, 5) is 4.01. The van der Waals surface area contributed by atoms with E-state index in [0.29, 0.717) is 10.6 Å². The number of benzene rings is 1. The van der Waals surface area contributed by atoms with Gasteiger partial charge in [0.1, 0.15) is 6.07 Å². The molecule has 0 bridgehead atoms. The summed E-state index contributed by atoms with van der Waals surface area (Å²) in [5.41, 5.74) is 0.470. The summed E-state index contributed by atoms with van der Waals surface area (Å²) in [5, 5.41) is 11.1. The smallest absolute Gasteiger partial charge is 0.101 e. The lowest BCUT2D eigenvalue weighted by atomic mass is 10.1. The molecule has 0 unspecified atom stereocenters. The molecular weight excluding hydrogens is 263 g/mol. The van der Waals surface area contributed by atoms with Gasteiger partial charge in [0.05, 0.1) is 10.6 Å². The second kappa shape index (κ2) is 3.56. The molecule has 1 heterocycles. The topological polar surface area (TPSA) is 36.7 Å². The first-order chi connectivity index (χ1) is 6.74. The predicted molar refractivity (Wildman–Crippen MR) is 59.2 cm³/mol. The molecule has 68 valence electrons. The summed E-state index contributed by atoms with van der Waals surface area (Å²) in [6, 6.07) is 5.65. The first kappa shape index (κ1) is 9.45. The van der Waals surface area contributed by atoms with Crippen molar-refractivity contribution in [1.29, 1.82) is 5.26 Å². The van der Waals surface area contributed by atoms with Crippen LogP contribution in [0.2, 0.25) is 5.02 Å². The molecule has 0 aliphatic rings. The Kier molecular flexibility index (Phi) is 2.40. The average Bonchev–Trinajstić information content (AvgIpc) is 2.18. The zero-order chi connectivity index (χ0) is 10.1. The van der Waals surface area contributed by atoms with Crippen molar-refractivity contribution in [3.05, 3.63) is 39.6 Å². The van der Waals surface area contributed by atoms with E-state index in [-0.39, 0.29) is 0 Å². The van der Waals surface area contributed by atoms with E-state index in [2.05, 4.69) is 27.0 Å². The Morgan fingerprint density at radius 2 is 2.07 bits per heavy atom. The summed E-state index contributed by atoms with van der Waals surface area (Å²) in [6.07, 6.45) is 3.34. The third kappa shape index (κ3) is 1.37. The van der Waals surface area contributed by atoms with Crippen LogP contribution in [0.25, 0.3) is 10.8 Å². The second-order valence-corrected chi connectivity index (χ2v) is 4.01. The van der Waals surface area contributed by atoms with Crippen LogP contribution in [0.4, 0.5) is 0 Å². The molecule has 0 atom stereocenters. The molecular formula is C10H4BrClN2. The Morgan fingerprint density at radius 1 is 1.29 bits per heavy atom. The molecule has 4 heteroatoms. The van der Waals surface area contributed by atoms with Crippen LogP contribution in [0.3, 0.4) is 0 Å². The average molecular weight is 268 g/mol. The molecule has 0 saturated heterocycles. The van der Waals surface area contributed by atoms with Crippen molar-refractivity contribution in [2.45, 2.75) is 0 Å². The van der Waals surface area contributed by atoms with E-state index in [9.17, 15) is 0 Å². The number of pyridine rings is 1. The molecule has 0 radical (unpaired) electrons. The van der Waals surface area contributed by atoms with E-state index < -0.39 is 0 Å². The van der Waals surface area contributed by atoms with Crippen molar-refractivity contribution in [3.8, 4) is 6.07 Å². The number of nitriles is 1. The van der Waals surface area contributed by atoms with Gasteiger partial charge in [-0.1, -0.05) is 17.7 Å². The van der Waals surface area contributed by atoms with Gasteiger partial charge >= 0.3 is 0 Å². The highest BCUT2D eigenvalue weighted by Crippen LogP contribution is 2.29. The van der Waals surface area contributed by atoms with Gasteiger partial charge in [-0.05, 0) is 22.0 Å². The highest BCUT2D eigenvalue weighted by atomic mass is 79.9. The first-order valence-electron chi connectivity index (χ1n) is 3.86. The Bertz CT molecular complexity index is 546. The van der Waals surface area contributed by atoms with Gasteiger partial charge in [0.25, 0.3) is 0 Å². The van der Waals surface area contributed by atoms with Gasteiger partial charge in [-0.25, -0.2) is 0 Å². The summed E-state index contributed by atoms with van der Waals surface area (Å²) in [7, 11) is 0. The molecule has 2 aromatic rings. The molecule has 0 saturated carbocycles. The lowest BCUT2D eigenvalue weighted by Crippen LogP contribution is -1.84. The number of hydrogen-bond acceptors (Lipinski definition) is 2. The normalized spacial score (nSPS) is 10.1. The fraction of sp³-hybridized carbons (Fsp3) is 0. The highest BCUT2D eigenvalue weighted by molar-refractivity contribution is 9.10. The summed E-state index contributed by atoms with van der Waals surface area (Å²) in [6.45, 7) is 0. The first-order valence-corrected chi connectivity index (χ1v) is 5.03. The zero-order valence-electron chi connectivity index (χ0n) is 6.96.